The van der Waals surface area contributed by atoms with Crippen molar-refractivity contribution in [2.75, 3.05) is 0 Å². The van der Waals surface area contributed by atoms with E-state index in [0.717, 1.165) is 22.0 Å². The number of hydrogen-bond donors (Lipinski definition) is 3. The van der Waals surface area contributed by atoms with Gasteiger partial charge in [-0.05, 0) is 52.4 Å². The number of para-hydroxylation sites is 1. The quantitative estimate of drug-likeness (QED) is 0.535. The van der Waals surface area contributed by atoms with Crippen molar-refractivity contribution in [2.45, 2.75) is 26.2 Å². The molecule has 0 aromatic heterocycles. The third kappa shape index (κ3) is 4.97. The standard InChI is InChI=1S/C22H24O4P2/c1-22(2,3)20-6-4-5-7-21(20)26-28(25)19-14-10-17(11-15-19)16-8-12-18(13-9-16)27(23)24/h4-15,23-25H,1-3H3. The largest absolute Gasteiger partial charge is 0.444 e. The molecule has 1 unspecified atom stereocenters. The highest BCUT2D eigenvalue weighted by Gasteiger charge is 2.21. The highest BCUT2D eigenvalue weighted by molar-refractivity contribution is 7.55. The van der Waals surface area contributed by atoms with E-state index in [-0.39, 0.29) is 5.41 Å². The molecule has 0 saturated carbocycles. The summed E-state index contributed by atoms with van der Waals surface area (Å²) in [5.41, 5.74) is 2.93. The lowest BCUT2D eigenvalue weighted by Gasteiger charge is -2.23. The van der Waals surface area contributed by atoms with Gasteiger partial charge in [0.15, 0.2) is 8.38 Å². The van der Waals surface area contributed by atoms with E-state index in [9.17, 15) is 14.7 Å². The van der Waals surface area contributed by atoms with Crippen LogP contribution in [0, 0.1) is 0 Å². The topological polar surface area (TPSA) is 69.9 Å². The highest BCUT2D eigenvalue weighted by atomic mass is 31.2. The van der Waals surface area contributed by atoms with Gasteiger partial charge in [-0.1, -0.05) is 63.2 Å². The van der Waals surface area contributed by atoms with Crippen molar-refractivity contribution < 1.29 is 19.2 Å². The molecule has 0 amide bonds. The van der Waals surface area contributed by atoms with Crippen molar-refractivity contribution in [2.24, 2.45) is 0 Å². The van der Waals surface area contributed by atoms with Crippen molar-refractivity contribution >= 4 is 27.4 Å². The van der Waals surface area contributed by atoms with E-state index >= 15 is 0 Å². The normalized spacial score (nSPS) is 12.8. The molecule has 6 heteroatoms. The van der Waals surface area contributed by atoms with Crippen LogP contribution in [0.1, 0.15) is 26.3 Å². The van der Waals surface area contributed by atoms with Crippen molar-refractivity contribution in [1.29, 1.82) is 0 Å². The molecule has 0 bridgehead atoms. The predicted molar refractivity (Wildman–Crippen MR) is 117 cm³/mol. The predicted octanol–water partition coefficient (Wildman–Crippen LogP) is 4.58. The molecule has 0 aliphatic heterocycles. The van der Waals surface area contributed by atoms with Gasteiger partial charge in [0.2, 0.25) is 0 Å². The zero-order chi connectivity index (χ0) is 20.3. The third-order valence-corrected chi connectivity index (χ3v) is 6.27. The molecule has 3 rings (SSSR count). The van der Waals surface area contributed by atoms with Crippen LogP contribution in [0.5, 0.6) is 5.75 Å². The third-order valence-electron chi connectivity index (χ3n) is 4.40. The van der Waals surface area contributed by atoms with Gasteiger partial charge in [0.25, 0.3) is 8.38 Å². The number of benzene rings is 3. The number of hydrogen-bond acceptors (Lipinski definition) is 4. The molecule has 0 fully saturated rings. The van der Waals surface area contributed by atoms with Crippen LogP contribution < -0.4 is 15.1 Å². The second-order valence-corrected chi connectivity index (χ2v) is 9.83. The summed E-state index contributed by atoms with van der Waals surface area (Å²) < 4.78 is 5.91. The molecule has 1 atom stereocenters. The molecule has 0 radical (unpaired) electrons. The maximum Gasteiger partial charge on any atom is 0.262 e. The maximum atomic E-state index is 10.6. The fraction of sp³-hybridized carbons (Fsp3) is 0.182. The van der Waals surface area contributed by atoms with Crippen LogP contribution in [0.15, 0.2) is 72.8 Å². The summed E-state index contributed by atoms with van der Waals surface area (Å²) in [4.78, 5) is 29.1. The van der Waals surface area contributed by atoms with Crippen LogP contribution in [-0.2, 0) is 5.41 Å². The van der Waals surface area contributed by atoms with E-state index in [0.29, 0.717) is 11.1 Å². The van der Waals surface area contributed by atoms with Gasteiger partial charge in [-0.25, -0.2) is 0 Å². The van der Waals surface area contributed by atoms with Crippen LogP contribution in [0.3, 0.4) is 0 Å². The van der Waals surface area contributed by atoms with Gasteiger partial charge in [0, 0.05) is 10.6 Å². The summed E-state index contributed by atoms with van der Waals surface area (Å²) in [6.45, 7) is 6.35. The Bertz CT molecular complexity index is 917. The van der Waals surface area contributed by atoms with Crippen molar-refractivity contribution in [3.8, 4) is 16.9 Å². The average Bonchev–Trinajstić information content (AvgIpc) is 2.68. The van der Waals surface area contributed by atoms with Gasteiger partial charge in [-0.15, -0.1) is 0 Å². The second kappa shape index (κ2) is 8.69. The summed E-state index contributed by atoms with van der Waals surface area (Å²) in [5.74, 6) is 0.702. The Balaban J connectivity index is 1.77. The van der Waals surface area contributed by atoms with E-state index in [1.165, 1.54) is 0 Å². The second-order valence-electron chi connectivity index (χ2n) is 7.49. The van der Waals surface area contributed by atoms with Gasteiger partial charge in [-0.2, -0.15) is 0 Å². The molecule has 4 nitrogen and oxygen atoms in total. The van der Waals surface area contributed by atoms with Crippen LogP contribution in [0.2, 0.25) is 0 Å². The molecule has 3 aromatic rings. The first-order valence-electron chi connectivity index (χ1n) is 8.90. The maximum absolute atomic E-state index is 10.6. The molecule has 28 heavy (non-hydrogen) atoms. The van der Waals surface area contributed by atoms with Crippen LogP contribution in [-0.4, -0.2) is 14.7 Å². The van der Waals surface area contributed by atoms with E-state index in [1.54, 1.807) is 12.1 Å². The van der Waals surface area contributed by atoms with Gasteiger partial charge >= 0.3 is 0 Å². The van der Waals surface area contributed by atoms with E-state index in [1.807, 2.05) is 60.7 Å². The molecule has 3 aromatic carbocycles. The minimum absolute atomic E-state index is 0.0771. The number of rotatable bonds is 5. The fourth-order valence-electron chi connectivity index (χ4n) is 2.88. The molecule has 3 N–H and O–H groups in total. The molecular formula is C22H24O4P2. The molecular weight excluding hydrogens is 390 g/mol. The molecule has 0 heterocycles. The smallest absolute Gasteiger partial charge is 0.262 e. The minimum atomic E-state index is -2.07. The summed E-state index contributed by atoms with van der Waals surface area (Å²) in [7, 11) is -3.85. The molecule has 146 valence electrons. The first-order valence-corrected chi connectivity index (χ1v) is 11.4. The van der Waals surface area contributed by atoms with Crippen LogP contribution in [0.25, 0.3) is 11.1 Å². The Labute approximate surface area is 168 Å². The lowest BCUT2D eigenvalue weighted by atomic mass is 9.86. The Morgan fingerprint density at radius 3 is 1.68 bits per heavy atom. The molecule has 0 aliphatic carbocycles. The van der Waals surface area contributed by atoms with Crippen LogP contribution >= 0.6 is 16.8 Å². The molecule has 0 aliphatic rings. The average molecular weight is 414 g/mol. The lowest BCUT2D eigenvalue weighted by Crippen LogP contribution is -2.13. The minimum Gasteiger partial charge on any atom is -0.444 e. The van der Waals surface area contributed by atoms with Crippen molar-refractivity contribution in [1.82, 2.24) is 0 Å². The Kier molecular flexibility index (Phi) is 6.50. The fourth-order valence-corrected chi connectivity index (χ4v) is 4.15. The van der Waals surface area contributed by atoms with Crippen molar-refractivity contribution in [3.05, 3.63) is 78.4 Å². The summed E-state index contributed by atoms with van der Waals surface area (Å²) in [6, 6.07) is 22.5. The van der Waals surface area contributed by atoms with E-state index < -0.39 is 16.8 Å². The monoisotopic (exact) mass is 414 g/mol. The highest BCUT2D eigenvalue weighted by Crippen LogP contribution is 2.39. The lowest BCUT2D eigenvalue weighted by molar-refractivity contribution is 0.479. The first-order chi connectivity index (χ1) is 13.3. The SMILES string of the molecule is CC(C)(C)c1ccccc1OP(O)c1ccc(-c2ccc(P(O)O)cc2)cc1. The van der Waals surface area contributed by atoms with Crippen molar-refractivity contribution in [3.63, 3.8) is 0 Å². The van der Waals surface area contributed by atoms with Gasteiger partial charge < -0.3 is 19.2 Å². The Hall–Kier alpha value is -1.80. The van der Waals surface area contributed by atoms with E-state index in [2.05, 4.69) is 20.8 Å². The summed E-state index contributed by atoms with van der Waals surface area (Å²) in [6.07, 6.45) is 0. The molecule has 0 spiro atoms. The zero-order valence-electron chi connectivity index (χ0n) is 16.1. The van der Waals surface area contributed by atoms with Gasteiger partial charge in [0.05, 0.1) is 0 Å². The first kappa shape index (κ1) is 20.9. The van der Waals surface area contributed by atoms with Gasteiger partial charge in [0.1, 0.15) is 5.75 Å². The Morgan fingerprint density at radius 1 is 0.679 bits per heavy atom. The molecule has 0 saturated heterocycles. The van der Waals surface area contributed by atoms with E-state index in [4.69, 9.17) is 4.52 Å². The Morgan fingerprint density at radius 2 is 1.18 bits per heavy atom. The zero-order valence-corrected chi connectivity index (χ0v) is 17.9. The van der Waals surface area contributed by atoms with Gasteiger partial charge in [-0.3, -0.25) is 0 Å². The summed E-state index contributed by atoms with van der Waals surface area (Å²) in [5, 5.41) is 1.24. The summed E-state index contributed by atoms with van der Waals surface area (Å²) >= 11 is 0. The van der Waals surface area contributed by atoms with Crippen LogP contribution in [0.4, 0.5) is 0 Å².